The minimum Gasteiger partial charge on any atom is -0.0654 e. The van der Waals surface area contributed by atoms with Crippen LogP contribution in [-0.2, 0) is 0 Å². The normalized spacial score (nSPS) is 13.6. The van der Waals surface area contributed by atoms with Gasteiger partial charge in [0.2, 0.25) is 0 Å². The van der Waals surface area contributed by atoms with Gasteiger partial charge in [-0.25, -0.2) is 0 Å². The van der Waals surface area contributed by atoms with Gasteiger partial charge < -0.3 is 0 Å². The maximum atomic E-state index is 2.59. The fraction of sp³-hybridized carbons (Fsp3) is 1.00. The smallest absolute Gasteiger partial charge is 0.0388 e. The Balaban J connectivity index is 4.00. The van der Waals surface area contributed by atoms with Crippen LogP contribution in [0.15, 0.2) is 0 Å². The predicted molar refractivity (Wildman–Crippen MR) is 140 cm³/mol. The molecule has 0 nitrogen and oxygen atoms in total. The van der Waals surface area contributed by atoms with E-state index in [1.165, 1.54) is 154 Å². The lowest BCUT2D eigenvalue weighted by molar-refractivity contribution is 0.274. The molecule has 0 aromatic heterocycles. The summed E-state index contributed by atoms with van der Waals surface area (Å²) in [6.45, 7) is 9.55. The zero-order valence-electron chi connectivity index (χ0n) is 22.1. The van der Waals surface area contributed by atoms with Gasteiger partial charge in [-0.2, -0.15) is 0 Å². The molecule has 2 atom stereocenters. The Hall–Kier alpha value is 0. The van der Waals surface area contributed by atoms with Crippen LogP contribution in [0.3, 0.4) is 0 Å². The second-order valence-electron chi connectivity index (χ2n) is 10.5. The van der Waals surface area contributed by atoms with Crippen LogP contribution in [0.4, 0.5) is 0 Å². The molecular weight excluding hydrogens is 360 g/mol. The van der Waals surface area contributed by atoms with Gasteiger partial charge in [-0.1, -0.05) is 182 Å². The SMILES string of the molecule is CCCCCCCCCCC(CCCCCCCC)C(C)CCCCCCCCC. The minimum atomic E-state index is 0.959. The van der Waals surface area contributed by atoms with Crippen molar-refractivity contribution in [2.45, 2.75) is 182 Å². The van der Waals surface area contributed by atoms with Gasteiger partial charge >= 0.3 is 0 Å². The summed E-state index contributed by atoms with van der Waals surface area (Å²) in [5, 5.41) is 0. The van der Waals surface area contributed by atoms with E-state index in [4.69, 9.17) is 0 Å². The lowest BCUT2D eigenvalue weighted by Crippen LogP contribution is -2.12. The highest BCUT2D eigenvalue weighted by Gasteiger charge is 2.16. The standard InChI is InChI=1S/C30H62/c1-5-8-11-14-17-19-22-25-28-30(27-24-21-16-13-10-7-3)29(4)26-23-20-18-15-12-9-6-2/h29-30H,5-28H2,1-4H3. The van der Waals surface area contributed by atoms with E-state index in [0.29, 0.717) is 0 Å². The third-order valence-electron chi connectivity index (χ3n) is 7.42. The van der Waals surface area contributed by atoms with Crippen LogP contribution in [0.1, 0.15) is 182 Å². The molecule has 0 spiro atoms. The van der Waals surface area contributed by atoms with Gasteiger partial charge in [0, 0.05) is 0 Å². The topological polar surface area (TPSA) is 0 Å². The van der Waals surface area contributed by atoms with E-state index in [2.05, 4.69) is 27.7 Å². The molecule has 0 aromatic carbocycles. The summed E-state index contributed by atoms with van der Waals surface area (Å²) in [4.78, 5) is 0. The molecule has 0 fully saturated rings. The van der Waals surface area contributed by atoms with Gasteiger partial charge in [-0.05, 0) is 11.8 Å². The van der Waals surface area contributed by atoms with Crippen molar-refractivity contribution in [3.8, 4) is 0 Å². The highest BCUT2D eigenvalue weighted by Crippen LogP contribution is 2.29. The van der Waals surface area contributed by atoms with Crippen LogP contribution in [-0.4, -0.2) is 0 Å². The molecule has 0 heterocycles. The summed E-state index contributed by atoms with van der Waals surface area (Å²) >= 11 is 0. The van der Waals surface area contributed by atoms with Crippen LogP contribution < -0.4 is 0 Å². The zero-order valence-corrected chi connectivity index (χ0v) is 22.1. The van der Waals surface area contributed by atoms with Crippen molar-refractivity contribution in [1.82, 2.24) is 0 Å². The Morgan fingerprint density at radius 3 is 0.933 bits per heavy atom. The molecule has 0 radical (unpaired) electrons. The van der Waals surface area contributed by atoms with Crippen molar-refractivity contribution in [3.63, 3.8) is 0 Å². The van der Waals surface area contributed by atoms with E-state index in [1.807, 2.05) is 0 Å². The molecule has 0 bridgehead atoms. The minimum absolute atomic E-state index is 0.959. The fourth-order valence-corrected chi connectivity index (χ4v) is 5.10. The summed E-state index contributed by atoms with van der Waals surface area (Å²) in [5.41, 5.74) is 0. The summed E-state index contributed by atoms with van der Waals surface area (Å²) in [6, 6.07) is 0. The lowest BCUT2D eigenvalue weighted by atomic mass is 9.81. The second kappa shape index (κ2) is 25.3. The summed E-state index contributed by atoms with van der Waals surface area (Å²) in [7, 11) is 0. The highest BCUT2D eigenvalue weighted by molar-refractivity contribution is 4.68. The van der Waals surface area contributed by atoms with E-state index >= 15 is 0 Å². The predicted octanol–water partition coefficient (Wildman–Crippen LogP) is 11.7. The molecule has 30 heavy (non-hydrogen) atoms. The van der Waals surface area contributed by atoms with Crippen LogP contribution >= 0.6 is 0 Å². The van der Waals surface area contributed by atoms with Gasteiger partial charge in [0.15, 0.2) is 0 Å². The molecule has 0 aromatic rings. The molecule has 0 rings (SSSR count). The molecule has 0 amide bonds. The molecule has 0 aliphatic heterocycles. The van der Waals surface area contributed by atoms with Crippen molar-refractivity contribution in [3.05, 3.63) is 0 Å². The summed E-state index contributed by atoms with van der Waals surface area (Å²) in [6.07, 6.45) is 35.2. The average Bonchev–Trinajstić information content (AvgIpc) is 2.75. The van der Waals surface area contributed by atoms with E-state index in [1.54, 1.807) is 0 Å². The first-order chi connectivity index (χ1) is 14.8. The van der Waals surface area contributed by atoms with Crippen LogP contribution in [0.25, 0.3) is 0 Å². The number of hydrogen-bond donors (Lipinski definition) is 0. The molecule has 0 saturated heterocycles. The van der Waals surface area contributed by atoms with Crippen LogP contribution in [0, 0.1) is 11.8 Å². The van der Waals surface area contributed by atoms with Crippen LogP contribution in [0.5, 0.6) is 0 Å². The molecule has 2 unspecified atom stereocenters. The quantitative estimate of drug-likeness (QED) is 0.128. The van der Waals surface area contributed by atoms with Gasteiger partial charge in [-0.3, -0.25) is 0 Å². The van der Waals surface area contributed by atoms with Crippen LogP contribution in [0.2, 0.25) is 0 Å². The molecule has 0 aliphatic carbocycles. The fourth-order valence-electron chi connectivity index (χ4n) is 5.10. The van der Waals surface area contributed by atoms with Gasteiger partial charge in [0.05, 0.1) is 0 Å². The largest absolute Gasteiger partial charge is 0.0654 e. The monoisotopic (exact) mass is 422 g/mol. The van der Waals surface area contributed by atoms with Crippen molar-refractivity contribution in [1.29, 1.82) is 0 Å². The highest BCUT2D eigenvalue weighted by atomic mass is 14.2. The molecule has 0 saturated carbocycles. The second-order valence-corrected chi connectivity index (χ2v) is 10.5. The molecular formula is C30H62. The lowest BCUT2D eigenvalue weighted by Gasteiger charge is -2.24. The molecule has 0 N–H and O–H groups in total. The summed E-state index contributed by atoms with van der Waals surface area (Å²) in [5.74, 6) is 1.97. The third-order valence-corrected chi connectivity index (χ3v) is 7.42. The summed E-state index contributed by atoms with van der Waals surface area (Å²) < 4.78 is 0. The molecule has 0 heteroatoms. The molecule has 182 valence electrons. The first kappa shape index (κ1) is 30.0. The van der Waals surface area contributed by atoms with Gasteiger partial charge in [-0.15, -0.1) is 0 Å². The maximum absolute atomic E-state index is 2.59. The van der Waals surface area contributed by atoms with Gasteiger partial charge in [0.1, 0.15) is 0 Å². The van der Waals surface area contributed by atoms with E-state index < -0.39 is 0 Å². The maximum Gasteiger partial charge on any atom is -0.0388 e. The number of hydrogen-bond acceptors (Lipinski definition) is 0. The number of unbranched alkanes of at least 4 members (excludes halogenated alkanes) is 18. The third kappa shape index (κ3) is 21.2. The van der Waals surface area contributed by atoms with Crippen molar-refractivity contribution in [2.75, 3.05) is 0 Å². The van der Waals surface area contributed by atoms with E-state index in [9.17, 15) is 0 Å². The van der Waals surface area contributed by atoms with E-state index in [-0.39, 0.29) is 0 Å². The van der Waals surface area contributed by atoms with Crippen molar-refractivity contribution < 1.29 is 0 Å². The first-order valence-electron chi connectivity index (χ1n) is 14.8. The van der Waals surface area contributed by atoms with Gasteiger partial charge in [0.25, 0.3) is 0 Å². The Morgan fingerprint density at radius 1 is 0.333 bits per heavy atom. The Labute approximate surface area is 193 Å². The van der Waals surface area contributed by atoms with E-state index in [0.717, 1.165) is 11.8 Å². The Morgan fingerprint density at radius 2 is 0.600 bits per heavy atom. The molecule has 0 aliphatic rings. The average molecular weight is 423 g/mol. The number of rotatable bonds is 25. The first-order valence-corrected chi connectivity index (χ1v) is 14.8. The Bertz CT molecular complexity index is 294. The Kier molecular flexibility index (Phi) is 25.3. The van der Waals surface area contributed by atoms with Crippen molar-refractivity contribution >= 4 is 0 Å². The van der Waals surface area contributed by atoms with Crippen molar-refractivity contribution in [2.24, 2.45) is 11.8 Å². The zero-order chi connectivity index (χ0) is 22.1.